The van der Waals surface area contributed by atoms with Crippen molar-refractivity contribution in [3.8, 4) is 11.4 Å². The molecule has 1 saturated carbocycles. The molecule has 1 N–H and O–H groups in total. The predicted molar refractivity (Wildman–Crippen MR) is 124 cm³/mol. The minimum atomic E-state index is -0.179. The van der Waals surface area contributed by atoms with E-state index in [2.05, 4.69) is 31.8 Å². The zero-order valence-electron chi connectivity index (χ0n) is 19.0. The standard InChI is InChI=1S/C25H31FN6O/c1-33-24-11-9-22(32-17-28-29-30-32)14-20(24)15-27-23-10-6-19(16-31-12-2-3-13-31)25(23)18-4-7-21(26)8-5-18/h4-5,7-9,11,14,17,19,23,25,27H,2-3,6,10,12-13,15-16H2,1H3. The maximum absolute atomic E-state index is 13.6. The van der Waals surface area contributed by atoms with E-state index >= 15 is 0 Å². The Balaban J connectivity index is 1.35. The Bertz CT molecular complexity index is 1040. The van der Waals surface area contributed by atoms with Gasteiger partial charge in [0.1, 0.15) is 17.9 Å². The molecule has 2 aromatic carbocycles. The third-order valence-electron chi connectivity index (χ3n) is 7.17. The van der Waals surface area contributed by atoms with Crippen molar-refractivity contribution in [3.63, 3.8) is 0 Å². The van der Waals surface area contributed by atoms with E-state index in [-0.39, 0.29) is 5.82 Å². The van der Waals surface area contributed by atoms with Gasteiger partial charge in [0.25, 0.3) is 0 Å². The molecule has 2 aliphatic rings. The molecule has 2 fully saturated rings. The van der Waals surface area contributed by atoms with Crippen LogP contribution in [-0.2, 0) is 6.54 Å². The van der Waals surface area contributed by atoms with Crippen molar-refractivity contribution >= 4 is 0 Å². The molecule has 0 spiro atoms. The van der Waals surface area contributed by atoms with E-state index in [0.717, 1.165) is 30.0 Å². The second kappa shape index (κ2) is 9.97. The van der Waals surface area contributed by atoms with Gasteiger partial charge < -0.3 is 15.0 Å². The molecular weight excluding hydrogens is 419 g/mol. The molecule has 1 aromatic heterocycles. The van der Waals surface area contributed by atoms with Crippen LogP contribution in [0.1, 0.15) is 42.7 Å². The molecule has 3 atom stereocenters. The van der Waals surface area contributed by atoms with Gasteiger partial charge in [0.2, 0.25) is 0 Å². The van der Waals surface area contributed by atoms with E-state index in [0.29, 0.717) is 24.4 Å². The lowest BCUT2D eigenvalue weighted by molar-refractivity contribution is 0.260. The molecular formula is C25H31FN6O. The summed E-state index contributed by atoms with van der Waals surface area (Å²) in [6, 6.07) is 13.4. The van der Waals surface area contributed by atoms with Crippen LogP contribution in [0.4, 0.5) is 4.39 Å². The number of rotatable bonds is 8. The number of hydrogen-bond donors (Lipinski definition) is 1. The summed E-state index contributed by atoms with van der Waals surface area (Å²) in [7, 11) is 1.69. The maximum atomic E-state index is 13.6. The van der Waals surface area contributed by atoms with Crippen LogP contribution in [0.25, 0.3) is 5.69 Å². The number of methoxy groups -OCH3 is 1. The predicted octanol–water partition coefficient (Wildman–Crippen LogP) is 3.56. The van der Waals surface area contributed by atoms with Crippen molar-refractivity contribution in [2.24, 2.45) is 5.92 Å². The van der Waals surface area contributed by atoms with Crippen LogP contribution >= 0.6 is 0 Å². The summed E-state index contributed by atoms with van der Waals surface area (Å²) < 4.78 is 20.9. The number of benzene rings is 2. The third-order valence-corrected chi connectivity index (χ3v) is 7.17. The summed E-state index contributed by atoms with van der Waals surface area (Å²) in [5, 5.41) is 15.3. The molecule has 174 valence electrons. The van der Waals surface area contributed by atoms with Crippen molar-refractivity contribution in [1.29, 1.82) is 0 Å². The average Bonchev–Trinajstić information content (AvgIpc) is 3.61. The maximum Gasteiger partial charge on any atom is 0.143 e. The zero-order chi connectivity index (χ0) is 22.6. The quantitative estimate of drug-likeness (QED) is 0.566. The van der Waals surface area contributed by atoms with E-state index in [9.17, 15) is 4.39 Å². The summed E-state index contributed by atoms with van der Waals surface area (Å²) in [5.41, 5.74) is 3.18. The SMILES string of the molecule is COc1ccc(-n2cnnn2)cc1CNC1CCC(CN2CCCC2)C1c1ccc(F)cc1. The average molecular weight is 451 g/mol. The van der Waals surface area contributed by atoms with E-state index in [4.69, 9.17) is 4.74 Å². The van der Waals surface area contributed by atoms with E-state index < -0.39 is 0 Å². The Kier molecular flexibility index (Phi) is 6.64. The van der Waals surface area contributed by atoms with E-state index in [1.165, 1.54) is 37.9 Å². The van der Waals surface area contributed by atoms with Gasteiger partial charge >= 0.3 is 0 Å². The Morgan fingerprint density at radius 3 is 2.64 bits per heavy atom. The summed E-state index contributed by atoms with van der Waals surface area (Å²) in [4.78, 5) is 2.60. The molecule has 0 amide bonds. The van der Waals surface area contributed by atoms with Gasteiger partial charge in [-0.2, -0.15) is 0 Å². The Morgan fingerprint density at radius 1 is 1.09 bits per heavy atom. The third kappa shape index (κ3) is 4.91. The number of aromatic nitrogens is 4. The van der Waals surface area contributed by atoms with Gasteiger partial charge in [-0.15, -0.1) is 5.10 Å². The van der Waals surface area contributed by atoms with Gasteiger partial charge in [0.05, 0.1) is 12.8 Å². The lowest BCUT2D eigenvalue weighted by atomic mass is 9.86. The van der Waals surface area contributed by atoms with Crippen LogP contribution < -0.4 is 10.1 Å². The summed E-state index contributed by atoms with van der Waals surface area (Å²) in [6.07, 6.45) is 6.47. The summed E-state index contributed by atoms with van der Waals surface area (Å²) in [6.45, 7) is 4.20. The molecule has 8 heteroatoms. The zero-order valence-corrected chi connectivity index (χ0v) is 19.0. The first-order valence-electron chi connectivity index (χ1n) is 11.8. The van der Waals surface area contributed by atoms with Gasteiger partial charge in [-0.25, -0.2) is 9.07 Å². The number of halogens is 1. The van der Waals surface area contributed by atoms with Crippen molar-refractivity contribution < 1.29 is 9.13 Å². The molecule has 1 saturated heterocycles. The van der Waals surface area contributed by atoms with Crippen LogP contribution in [-0.4, -0.2) is 57.9 Å². The number of likely N-dealkylation sites (tertiary alicyclic amines) is 1. The first-order chi connectivity index (χ1) is 16.2. The topological polar surface area (TPSA) is 68.1 Å². The van der Waals surface area contributed by atoms with Crippen LogP contribution in [0.2, 0.25) is 0 Å². The first-order valence-corrected chi connectivity index (χ1v) is 11.8. The molecule has 0 bridgehead atoms. The highest BCUT2D eigenvalue weighted by Gasteiger charge is 2.38. The minimum Gasteiger partial charge on any atom is -0.496 e. The second-order valence-corrected chi connectivity index (χ2v) is 9.16. The van der Waals surface area contributed by atoms with Crippen LogP contribution in [0.3, 0.4) is 0 Å². The van der Waals surface area contributed by atoms with E-state index in [1.54, 1.807) is 30.3 Å². The number of hydrogen-bond acceptors (Lipinski definition) is 6. The largest absolute Gasteiger partial charge is 0.496 e. The molecule has 5 rings (SSSR count). The van der Waals surface area contributed by atoms with Gasteiger partial charge in [-0.3, -0.25) is 0 Å². The molecule has 1 aliphatic heterocycles. The molecule has 0 radical (unpaired) electrons. The first kappa shape index (κ1) is 22.0. The van der Waals surface area contributed by atoms with Crippen LogP contribution in [0, 0.1) is 11.7 Å². The Labute approximate surface area is 193 Å². The lowest BCUT2D eigenvalue weighted by Gasteiger charge is -2.29. The fraction of sp³-hybridized carbons (Fsp3) is 0.480. The highest BCUT2D eigenvalue weighted by molar-refractivity contribution is 5.43. The fourth-order valence-electron chi connectivity index (χ4n) is 5.57. The molecule has 3 unspecified atom stereocenters. The number of tetrazole rings is 1. The molecule has 7 nitrogen and oxygen atoms in total. The summed E-state index contributed by atoms with van der Waals surface area (Å²) in [5.74, 6) is 1.59. The van der Waals surface area contributed by atoms with Crippen molar-refractivity contribution in [3.05, 3.63) is 65.7 Å². The Hall–Kier alpha value is -2.84. The molecule has 2 heterocycles. The van der Waals surface area contributed by atoms with Gasteiger partial charge in [-0.05, 0) is 91.0 Å². The van der Waals surface area contributed by atoms with Crippen LogP contribution in [0.5, 0.6) is 5.75 Å². The smallest absolute Gasteiger partial charge is 0.143 e. The van der Waals surface area contributed by atoms with E-state index in [1.807, 2.05) is 24.3 Å². The highest BCUT2D eigenvalue weighted by Crippen LogP contribution is 2.41. The number of nitrogens with one attached hydrogen (secondary N) is 1. The second-order valence-electron chi connectivity index (χ2n) is 9.16. The fourth-order valence-corrected chi connectivity index (χ4v) is 5.57. The number of ether oxygens (including phenoxy) is 1. The highest BCUT2D eigenvalue weighted by atomic mass is 19.1. The van der Waals surface area contributed by atoms with Crippen molar-refractivity contribution in [2.45, 2.75) is 44.2 Å². The molecule has 1 aliphatic carbocycles. The normalized spacial score (nSPS) is 23.3. The van der Waals surface area contributed by atoms with Crippen molar-refractivity contribution in [1.82, 2.24) is 30.4 Å². The van der Waals surface area contributed by atoms with Crippen LogP contribution in [0.15, 0.2) is 48.8 Å². The minimum absolute atomic E-state index is 0.179. The van der Waals surface area contributed by atoms with Gasteiger partial charge in [0.15, 0.2) is 0 Å². The molecule has 3 aromatic rings. The van der Waals surface area contributed by atoms with Gasteiger partial charge in [-0.1, -0.05) is 12.1 Å². The van der Waals surface area contributed by atoms with Crippen molar-refractivity contribution in [2.75, 3.05) is 26.7 Å². The number of nitrogens with zero attached hydrogens (tertiary/aromatic N) is 5. The molecule has 33 heavy (non-hydrogen) atoms. The monoisotopic (exact) mass is 450 g/mol. The summed E-state index contributed by atoms with van der Waals surface area (Å²) >= 11 is 0. The lowest BCUT2D eigenvalue weighted by Crippen LogP contribution is -2.35. The Morgan fingerprint density at radius 2 is 1.91 bits per heavy atom. The van der Waals surface area contributed by atoms with Gasteiger partial charge in [0, 0.05) is 30.6 Å².